The van der Waals surface area contributed by atoms with E-state index in [0.29, 0.717) is 23.8 Å². The van der Waals surface area contributed by atoms with E-state index in [4.69, 9.17) is 9.47 Å². The van der Waals surface area contributed by atoms with Gasteiger partial charge in [-0.05, 0) is 23.6 Å². The van der Waals surface area contributed by atoms with Crippen LogP contribution in [0, 0.1) is 5.92 Å². The highest BCUT2D eigenvalue weighted by molar-refractivity contribution is 5.78. The molecular formula is C15H23NO3. The van der Waals surface area contributed by atoms with Gasteiger partial charge in [-0.2, -0.15) is 0 Å². The van der Waals surface area contributed by atoms with Gasteiger partial charge in [-0.3, -0.25) is 4.79 Å². The number of likely N-dealkylation sites (N-methyl/N-ethyl adjacent to an activating group) is 1. The molecule has 0 saturated heterocycles. The third-order valence-electron chi connectivity index (χ3n) is 2.87. The van der Waals surface area contributed by atoms with Crippen LogP contribution in [-0.4, -0.2) is 38.6 Å². The molecule has 4 nitrogen and oxygen atoms in total. The number of hydrogen-bond acceptors (Lipinski definition) is 3. The molecule has 0 heterocycles. The van der Waals surface area contributed by atoms with Crippen molar-refractivity contribution >= 4 is 5.91 Å². The van der Waals surface area contributed by atoms with E-state index in [-0.39, 0.29) is 5.91 Å². The Bertz CT molecular complexity index is 429. The molecule has 0 N–H and O–H groups in total. The molecule has 0 aliphatic rings. The molecule has 1 rings (SSSR count). The molecule has 0 atom stereocenters. The molecule has 0 fully saturated rings. The van der Waals surface area contributed by atoms with Crippen molar-refractivity contribution in [2.24, 2.45) is 5.92 Å². The van der Waals surface area contributed by atoms with E-state index in [2.05, 4.69) is 13.8 Å². The Morgan fingerprint density at radius 2 is 1.84 bits per heavy atom. The first-order valence-electron chi connectivity index (χ1n) is 6.42. The maximum atomic E-state index is 12.1. The molecule has 0 spiro atoms. The average Bonchev–Trinajstić information content (AvgIpc) is 2.37. The summed E-state index contributed by atoms with van der Waals surface area (Å²) in [7, 11) is 5.02. The molecule has 0 aromatic heterocycles. The van der Waals surface area contributed by atoms with Crippen molar-refractivity contribution < 1.29 is 14.3 Å². The topological polar surface area (TPSA) is 38.8 Å². The van der Waals surface area contributed by atoms with Gasteiger partial charge in [0.15, 0.2) is 11.5 Å². The summed E-state index contributed by atoms with van der Waals surface area (Å²) in [4.78, 5) is 13.8. The van der Waals surface area contributed by atoms with Crippen LogP contribution in [0.4, 0.5) is 0 Å². The highest BCUT2D eigenvalue weighted by Crippen LogP contribution is 2.27. The van der Waals surface area contributed by atoms with E-state index in [1.807, 2.05) is 25.2 Å². The van der Waals surface area contributed by atoms with Crippen LogP contribution in [0.1, 0.15) is 19.4 Å². The molecule has 106 valence electrons. The maximum Gasteiger partial charge on any atom is 0.226 e. The lowest BCUT2D eigenvalue weighted by molar-refractivity contribution is -0.129. The van der Waals surface area contributed by atoms with E-state index < -0.39 is 0 Å². The van der Waals surface area contributed by atoms with Crippen LogP contribution >= 0.6 is 0 Å². The van der Waals surface area contributed by atoms with Gasteiger partial charge in [-0.1, -0.05) is 19.9 Å². The van der Waals surface area contributed by atoms with Crippen LogP contribution in [0.25, 0.3) is 0 Å². The van der Waals surface area contributed by atoms with Crippen LogP contribution < -0.4 is 9.47 Å². The Kier molecular flexibility index (Phi) is 5.67. The lowest BCUT2D eigenvalue weighted by atomic mass is 10.1. The van der Waals surface area contributed by atoms with Gasteiger partial charge < -0.3 is 14.4 Å². The maximum absolute atomic E-state index is 12.1. The fraction of sp³-hybridized carbons (Fsp3) is 0.533. The Balaban J connectivity index is 2.74. The number of carbonyl (C=O) groups is 1. The van der Waals surface area contributed by atoms with Crippen molar-refractivity contribution in [3.63, 3.8) is 0 Å². The molecule has 1 aromatic carbocycles. The summed E-state index contributed by atoms with van der Waals surface area (Å²) in [6.07, 6.45) is 0.379. The molecule has 0 saturated carbocycles. The van der Waals surface area contributed by atoms with Crippen LogP contribution in [0.5, 0.6) is 11.5 Å². The molecule has 19 heavy (non-hydrogen) atoms. The van der Waals surface area contributed by atoms with Gasteiger partial charge in [0, 0.05) is 13.6 Å². The van der Waals surface area contributed by atoms with E-state index >= 15 is 0 Å². The predicted molar refractivity (Wildman–Crippen MR) is 75.7 cm³/mol. The molecule has 0 radical (unpaired) electrons. The molecule has 0 aliphatic heterocycles. The molecule has 1 aromatic rings. The second-order valence-corrected chi connectivity index (χ2v) is 5.03. The van der Waals surface area contributed by atoms with E-state index in [9.17, 15) is 4.79 Å². The first kappa shape index (κ1) is 15.3. The van der Waals surface area contributed by atoms with Crippen LogP contribution in [0.15, 0.2) is 18.2 Å². The fourth-order valence-electron chi connectivity index (χ4n) is 1.95. The van der Waals surface area contributed by atoms with Crippen molar-refractivity contribution in [1.82, 2.24) is 4.90 Å². The zero-order valence-electron chi connectivity index (χ0n) is 12.4. The summed E-state index contributed by atoms with van der Waals surface area (Å²) in [5.41, 5.74) is 0.929. The Morgan fingerprint density at radius 3 is 2.37 bits per heavy atom. The lowest BCUT2D eigenvalue weighted by Crippen LogP contribution is -2.31. The van der Waals surface area contributed by atoms with Crippen LogP contribution in [0.2, 0.25) is 0 Å². The number of rotatable bonds is 6. The number of hydrogen-bond donors (Lipinski definition) is 0. The molecule has 0 aliphatic carbocycles. The van der Waals surface area contributed by atoms with E-state index in [0.717, 1.165) is 12.1 Å². The van der Waals surface area contributed by atoms with Crippen molar-refractivity contribution in [3.05, 3.63) is 23.8 Å². The number of ether oxygens (including phenoxy) is 2. The summed E-state index contributed by atoms with van der Waals surface area (Å²) in [5.74, 6) is 1.91. The summed E-state index contributed by atoms with van der Waals surface area (Å²) in [6, 6.07) is 5.56. The van der Waals surface area contributed by atoms with Gasteiger partial charge in [0.1, 0.15) is 0 Å². The SMILES string of the molecule is COc1ccc(CC(=O)N(C)CC(C)C)cc1OC. The van der Waals surface area contributed by atoms with Crippen molar-refractivity contribution in [2.75, 3.05) is 27.8 Å². The highest BCUT2D eigenvalue weighted by atomic mass is 16.5. The van der Waals surface area contributed by atoms with Crippen molar-refractivity contribution in [1.29, 1.82) is 0 Å². The zero-order valence-corrected chi connectivity index (χ0v) is 12.4. The molecule has 1 amide bonds. The van der Waals surface area contributed by atoms with Crippen LogP contribution in [-0.2, 0) is 11.2 Å². The number of nitrogens with zero attached hydrogens (tertiary/aromatic N) is 1. The number of benzene rings is 1. The lowest BCUT2D eigenvalue weighted by Gasteiger charge is -2.19. The number of amides is 1. The summed E-state index contributed by atoms with van der Waals surface area (Å²) >= 11 is 0. The van der Waals surface area contributed by atoms with Gasteiger partial charge >= 0.3 is 0 Å². The predicted octanol–water partition coefficient (Wildman–Crippen LogP) is 2.36. The molecule has 4 heteroatoms. The van der Waals surface area contributed by atoms with Gasteiger partial charge in [-0.15, -0.1) is 0 Å². The average molecular weight is 265 g/mol. The van der Waals surface area contributed by atoms with Gasteiger partial charge in [0.25, 0.3) is 0 Å². The molecular weight excluding hydrogens is 242 g/mol. The first-order chi connectivity index (χ1) is 8.97. The number of methoxy groups -OCH3 is 2. The van der Waals surface area contributed by atoms with Crippen molar-refractivity contribution in [3.8, 4) is 11.5 Å². The van der Waals surface area contributed by atoms with Gasteiger partial charge in [-0.25, -0.2) is 0 Å². The van der Waals surface area contributed by atoms with Crippen LogP contribution in [0.3, 0.4) is 0 Å². The van der Waals surface area contributed by atoms with Gasteiger partial charge in [0.05, 0.1) is 20.6 Å². The second kappa shape index (κ2) is 7.02. The van der Waals surface area contributed by atoms with E-state index in [1.165, 1.54) is 0 Å². The normalized spacial score (nSPS) is 10.4. The highest BCUT2D eigenvalue weighted by Gasteiger charge is 2.12. The number of carbonyl (C=O) groups excluding carboxylic acids is 1. The summed E-state index contributed by atoms with van der Waals surface area (Å²) < 4.78 is 10.4. The third kappa shape index (κ3) is 4.47. The standard InChI is InChI=1S/C15H23NO3/c1-11(2)10-16(3)15(17)9-12-6-7-13(18-4)14(8-12)19-5/h6-8,11H,9-10H2,1-5H3. The summed E-state index contributed by atoms with van der Waals surface area (Å²) in [6.45, 7) is 4.96. The second-order valence-electron chi connectivity index (χ2n) is 5.03. The summed E-state index contributed by atoms with van der Waals surface area (Å²) in [5, 5.41) is 0. The monoisotopic (exact) mass is 265 g/mol. The minimum atomic E-state index is 0.112. The third-order valence-corrected chi connectivity index (χ3v) is 2.87. The zero-order chi connectivity index (χ0) is 14.4. The molecule has 0 bridgehead atoms. The molecule has 0 unspecified atom stereocenters. The smallest absolute Gasteiger partial charge is 0.226 e. The minimum absolute atomic E-state index is 0.112. The Labute approximate surface area is 115 Å². The van der Waals surface area contributed by atoms with E-state index in [1.54, 1.807) is 19.1 Å². The van der Waals surface area contributed by atoms with Gasteiger partial charge in [0.2, 0.25) is 5.91 Å². The Hall–Kier alpha value is -1.71. The Morgan fingerprint density at radius 1 is 1.21 bits per heavy atom. The fourth-order valence-corrected chi connectivity index (χ4v) is 1.95. The van der Waals surface area contributed by atoms with Crippen molar-refractivity contribution in [2.45, 2.75) is 20.3 Å². The quantitative estimate of drug-likeness (QED) is 0.792. The largest absolute Gasteiger partial charge is 0.493 e. The minimum Gasteiger partial charge on any atom is -0.493 e. The first-order valence-corrected chi connectivity index (χ1v) is 6.42.